The number of anilines is 2. The van der Waals surface area contributed by atoms with E-state index in [2.05, 4.69) is 10.3 Å². The van der Waals surface area contributed by atoms with Crippen LogP contribution in [0.25, 0.3) is 0 Å². The van der Waals surface area contributed by atoms with Gasteiger partial charge in [0.05, 0.1) is 31.0 Å². The van der Waals surface area contributed by atoms with Crippen molar-refractivity contribution in [1.29, 1.82) is 0 Å². The Morgan fingerprint density at radius 2 is 1.85 bits per heavy atom. The van der Waals surface area contributed by atoms with E-state index in [0.717, 1.165) is 5.69 Å². The van der Waals surface area contributed by atoms with Gasteiger partial charge in [-0.15, -0.1) is 0 Å². The summed E-state index contributed by atoms with van der Waals surface area (Å²) >= 11 is 5.68. The summed E-state index contributed by atoms with van der Waals surface area (Å²) in [5, 5.41) is 3.00. The van der Waals surface area contributed by atoms with Crippen LogP contribution in [0.15, 0.2) is 72.9 Å². The average molecular weight is 479 g/mol. The molecule has 4 rings (SSSR count). The number of halogens is 1. The van der Waals surface area contributed by atoms with Crippen molar-refractivity contribution in [1.82, 2.24) is 9.88 Å². The molecule has 1 N–H and O–H groups in total. The van der Waals surface area contributed by atoms with Gasteiger partial charge < -0.3 is 15.0 Å². The van der Waals surface area contributed by atoms with Gasteiger partial charge >= 0.3 is 0 Å². The third-order valence-corrected chi connectivity index (χ3v) is 5.71. The van der Waals surface area contributed by atoms with Crippen molar-refractivity contribution in [2.24, 2.45) is 0 Å². The molecule has 1 saturated heterocycles. The fourth-order valence-corrected chi connectivity index (χ4v) is 4.08. The molecule has 0 spiro atoms. The summed E-state index contributed by atoms with van der Waals surface area (Å²) in [6, 6.07) is 17.2. The highest BCUT2D eigenvalue weighted by Gasteiger charge is 2.44. The smallest absolute Gasteiger partial charge is 0.256 e. The molecule has 0 unspecified atom stereocenters. The molecule has 1 aliphatic rings. The Morgan fingerprint density at radius 3 is 2.50 bits per heavy atom. The third kappa shape index (κ3) is 5.20. The molecule has 0 saturated carbocycles. The Balaban J connectivity index is 1.58. The van der Waals surface area contributed by atoms with Crippen LogP contribution in [-0.2, 0) is 16.1 Å². The first kappa shape index (κ1) is 23.3. The lowest BCUT2D eigenvalue weighted by Crippen LogP contribution is -2.37. The summed E-state index contributed by atoms with van der Waals surface area (Å²) in [4.78, 5) is 33.7. The molecule has 0 bridgehead atoms. The van der Waals surface area contributed by atoms with Gasteiger partial charge in [-0.05, 0) is 79.8 Å². The van der Waals surface area contributed by atoms with Crippen molar-refractivity contribution in [3.63, 3.8) is 0 Å². The van der Waals surface area contributed by atoms with E-state index in [-0.39, 0.29) is 24.8 Å². The predicted molar refractivity (Wildman–Crippen MR) is 131 cm³/mol. The Labute approximate surface area is 202 Å². The highest BCUT2D eigenvalue weighted by Crippen LogP contribution is 2.30. The second-order valence-corrected chi connectivity index (χ2v) is 7.97. The van der Waals surface area contributed by atoms with E-state index in [1.807, 2.05) is 19.1 Å². The largest absolute Gasteiger partial charge is 0.494 e. The van der Waals surface area contributed by atoms with E-state index < -0.39 is 11.9 Å². The number of carbonyl (C=O) groups is 2. The average Bonchev–Trinajstić information content (AvgIpc) is 3.06. The van der Waals surface area contributed by atoms with Crippen molar-refractivity contribution in [3.8, 4) is 5.75 Å². The summed E-state index contributed by atoms with van der Waals surface area (Å²) < 4.78 is 18.7. The van der Waals surface area contributed by atoms with E-state index in [1.165, 1.54) is 29.2 Å². The number of aromatic nitrogens is 1. The van der Waals surface area contributed by atoms with Crippen LogP contribution < -0.4 is 15.0 Å². The highest BCUT2D eigenvalue weighted by molar-refractivity contribution is 7.80. The van der Waals surface area contributed by atoms with E-state index in [0.29, 0.717) is 28.8 Å². The first-order chi connectivity index (χ1) is 16.5. The molecular weight excluding hydrogens is 455 g/mol. The van der Waals surface area contributed by atoms with E-state index in [1.54, 1.807) is 41.4 Å². The number of carbonyl (C=O) groups excluding carboxylic acids is 2. The van der Waals surface area contributed by atoms with Crippen LogP contribution in [0.4, 0.5) is 15.8 Å². The minimum absolute atomic E-state index is 0.128. The van der Waals surface area contributed by atoms with Gasteiger partial charge in [0.1, 0.15) is 17.6 Å². The number of thiocarbonyl (C=S) groups is 1. The lowest BCUT2D eigenvalue weighted by molar-refractivity contribution is -0.124. The van der Waals surface area contributed by atoms with Gasteiger partial charge in [0.2, 0.25) is 5.91 Å². The molecule has 2 heterocycles. The number of nitrogens with zero attached hydrogens (tertiary/aromatic N) is 3. The predicted octanol–water partition coefficient (Wildman–Crippen LogP) is 4.15. The number of hydrogen-bond donors (Lipinski definition) is 1. The van der Waals surface area contributed by atoms with Crippen LogP contribution in [0, 0.1) is 5.82 Å². The number of amides is 2. The van der Waals surface area contributed by atoms with E-state index >= 15 is 0 Å². The SMILES string of the molecule is CCOc1ccc(N2C(=O)[C@H](CC(=O)Nc3ccc(F)cc3)N(Cc3ccccn3)C2=S)cc1. The zero-order chi connectivity index (χ0) is 24.1. The molecule has 34 heavy (non-hydrogen) atoms. The fourth-order valence-electron chi connectivity index (χ4n) is 3.70. The first-order valence-corrected chi connectivity index (χ1v) is 11.2. The van der Waals surface area contributed by atoms with Crippen LogP contribution in [0.5, 0.6) is 5.75 Å². The Hall–Kier alpha value is -3.85. The minimum atomic E-state index is -0.818. The zero-order valence-corrected chi connectivity index (χ0v) is 19.3. The maximum Gasteiger partial charge on any atom is 0.256 e. The summed E-state index contributed by atoms with van der Waals surface area (Å²) in [5.74, 6) is -0.405. The quantitative estimate of drug-likeness (QED) is 0.491. The second-order valence-electron chi connectivity index (χ2n) is 7.61. The number of ether oxygens (including phenoxy) is 1. The fraction of sp³-hybridized carbons (Fsp3) is 0.200. The number of pyridine rings is 1. The van der Waals surface area contributed by atoms with Crippen molar-refractivity contribution in [2.45, 2.75) is 25.9 Å². The Bertz CT molecular complexity index is 1170. The molecule has 1 aromatic heterocycles. The van der Waals surface area contributed by atoms with Gasteiger partial charge in [-0.2, -0.15) is 0 Å². The summed E-state index contributed by atoms with van der Waals surface area (Å²) in [6.07, 6.45) is 1.54. The number of hydrogen-bond acceptors (Lipinski definition) is 5. The molecule has 0 radical (unpaired) electrons. The highest BCUT2D eigenvalue weighted by atomic mass is 32.1. The van der Waals surface area contributed by atoms with Crippen LogP contribution in [0.3, 0.4) is 0 Å². The van der Waals surface area contributed by atoms with Crippen molar-refractivity contribution in [3.05, 3.63) is 84.4 Å². The van der Waals surface area contributed by atoms with E-state index in [4.69, 9.17) is 17.0 Å². The maximum atomic E-state index is 13.5. The summed E-state index contributed by atoms with van der Waals surface area (Å²) in [6.45, 7) is 2.70. The van der Waals surface area contributed by atoms with Gasteiger partial charge in [-0.3, -0.25) is 19.5 Å². The summed E-state index contributed by atoms with van der Waals surface area (Å²) in [5.41, 5.74) is 1.75. The van der Waals surface area contributed by atoms with Gasteiger partial charge in [0.15, 0.2) is 5.11 Å². The standard InChI is InChI=1S/C25H23FN4O3S/c1-2-33-21-12-10-20(11-13-21)30-24(32)22(15-23(31)28-18-8-6-17(26)7-9-18)29(25(30)34)16-19-5-3-4-14-27-19/h3-14,22H,2,15-16H2,1H3,(H,28,31)/t22-/m0/s1. The third-order valence-electron chi connectivity index (χ3n) is 5.29. The molecule has 174 valence electrons. The van der Waals surface area contributed by atoms with Gasteiger partial charge in [-0.1, -0.05) is 6.07 Å². The van der Waals surface area contributed by atoms with Crippen LogP contribution >= 0.6 is 12.2 Å². The molecule has 7 nitrogen and oxygen atoms in total. The number of rotatable bonds is 8. The topological polar surface area (TPSA) is 74.8 Å². The van der Waals surface area contributed by atoms with Crippen molar-refractivity contribution >= 4 is 40.5 Å². The molecule has 0 aliphatic carbocycles. The number of nitrogens with one attached hydrogen (secondary N) is 1. The molecule has 2 aromatic carbocycles. The van der Waals surface area contributed by atoms with Gasteiger partial charge in [0, 0.05) is 11.9 Å². The molecule has 9 heteroatoms. The Morgan fingerprint density at radius 1 is 1.12 bits per heavy atom. The molecule has 1 atom stereocenters. The first-order valence-electron chi connectivity index (χ1n) is 10.8. The van der Waals surface area contributed by atoms with Gasteiger partial charge in [-0.25, -0.2) is 4.39 Å². The molecule has 2 amide bonds. The van der Waals surface area contributed by atoms with E-state index in [9.17, 15) is 14.0 Å². The Kier molecular flexibility index (Phi) is 7.12. The maximum absolute atomic E-state index is 13.5. The monoisotopic (exact) mass is 478 g/mol. The molecule has 1 fully saturated rings. The second kappa shape index (κ2) is 10.4. The van der Waals surface area contributed by atoms with Gasteiger partial charge in [0.25, 0.3) is 5.91 Å². The zero-order valence-electron chi connectivity index (χ0n) is 18.5. The number of benzene rings is 2. The lowest BCUT2D eigenvalue weighted by Gasteiger charge is -2.23. The van der Waals surface area contributed by atoms with Crippen molar-refractivity contribution in [2.75, 3.05) is 16.8 Å². The normalized spacial score (nSPS) is 15.5. The molecule has 3 aromatic rings. The van der Waals surface area contributed by atoms with Crippen molar-refractivity contribution < 1.29 is 18.7 Å². The van der Waals surface area contributed by atoms with Crippen LogP contribution in [0.1, 0.15) is 19.0 Å². The van der Waals surface area contributed by atoms with Crippen LogP contribution in [0.2, 0.25) is 0 Å². The lowest BCUT2D eigenvalue weighted by atomic mass is 10.1. The minimum Gasteiger partial charge on any atom is -0.494 e. The summed E-state index contributed by atoms with van der Waals surface area (Å²) in [7, 11) is 0. The van der Waals surface area contributed by atoms with Crippen LogP contribution in [-0.4, -0.2) is 39.5 Å². The molecule has 1 aliphatic heterocycles. The molecular formula is C25H23FN4O3S.